The molecular weight excluding hydrogens is 1600 g/mol. The van der Waals surface area contributed by atoms with E-state index in [1.807, 2.05) is 108 Å². The first-order valence-corrected chi connectivity index (χ1v) is 42.4. The van der Waals surface area contributed by atoms with Crippen molar-refractivity contribution in [3.05, 3.63) is 347 Å². The number of aryl methyl sites for hydroxylation is 11. The Hall–Kier alpha value is -15.1. The lowest BCUT2D eigenvalue weighted by atomic mass is 9.99. The number of aliphatic imine (C=N–C) groups is 2. The van der Waals surface area contributed by atoms with Crippen LogP contribution in [0.4, 0.5) is 41.4 Å². The highest BCUT2D eigenvalue weighted by molar-refractivity contribution is 6.29. The molecule has 127 heavy (non-hydrogen) atoms. The quantitative estimate of drug-likeness (QED) is 0.0351. The Balaban J connectivity index is 0.000000129. The molecular formula is C101H103ClN24O. The second-order valence-corrected chi connectivity index (χ2v) is 31.9. The number of nitrogens with one attached hydrogen (secondary N) is 2. The minimum atomic E-state index is 0.251. The largest absolute Gasteiger partial charge is 0.481 e. The Morgan fingerprint density at radius 3 is 1.26 bits per heavy atom. The van der Waals surface area contributed by atoms with Crippen LogP contribution in [0.3, 0.4) is 0 Å². The van der Waals surface area contributed by atoms with Crippen LogP contribution >= 0.6 is 11.6 Å². The van der Waals surface area contributed by atoms with Crippen LogP contribution in [0.25, 0.3) is 61.9 Å². The molecule has 0 aliphatic carbocycles. The van der Waals surface area contributed by atoms with Crippen LogP contribution in [0, 0.1) is 69.2 Å². The zero-order valence-corrected chi connectivity index (χ0v) is 74.0. The first kappa shape index (κ1) is 88.2. The number of methoxy groups -OCH3 is 1. The molecule has 11 heterocycles. The van der Waals surface area contributed by atoms with Gasteiger partial charge in [0.1, 0.15) is 22.4 Å². The number of hydrogen-bond donors (Lipinski definition) is 7. The van der Waals surface area contributed by atoms with Crippen molar-refractivity contribution in [2.45, 2.75) is 134 Å². The van der Waals surface area contributed by atoms with Crippen molar-refractivity contribution >= 4 is 71.1 Å². The van der Waals surface area contributed by atoms with Crippen molar-refractivity contribution in [3.63, 3.8) is 0 Å². The van der Waals surface area contributed by atoms with Gasteiger partial charge in [0.15, 0.2) is 0 Å². The molecule has 0 fully saturated rings. The summed E-state index contributed by atoms with van der Waals surface area (Å²) in [6.45, 7) is 23.8. The Kier molecular flexibility index (Phi) is 28.4. The summed E-state index contributed by atoms with van der Waals surface area (Å²) >= 11 is 5.76. The number of aromatic nitrogens is 15. The van der Waals surface area contributed by atoms with Crippen molar-refractivity contribution in [2.75, 3.05) is 46.4 Å². The molecule has 640 valence electrons. The van der Waals surface area contributed by atoms with E-state index in [0.717, 1.165) is 141 Å². The number of ether oxygens (including phenoxy) is 1. The lowest BCUT2D eigenvalue weighted by Crippen LogP contribution is -2.06. The lowest BCUT2D eigenvalue weighted by molar-refractivity contribution is 0.397. The Bertz CT molecular complexity index is 6670. The molecule has 2 aliphatic heterocycles. The number of nitrogens with two attached hydrogens (primary N) is 5. The predicted octanol–water partition coefficient (Wildman–Crippen LogP) is 18.7. The predicted molar refractivity (Wildman–Crippen MR) is 512 cm³/mol. The number of nitrogens with zero attached hydrogens (tertiary/aromatic N) is 17. The topological polar surface area (TPSA) is 373 Å². The summed E-state index contributed by atoms with van der Waals surface area (Å²) in [5.74, 6) is 3.48. The normalized spacial score (nSPS) is 11.4. The number of halogens is 1. The number of imidazole rings is 1. The number of benzene rings is 7. The zero-order valence-electron chi connectivity index (χ0n) is 73.3. The molecule has 0 amide bonds. The standard InChI is InChI=1S/C22H22N4.C21H21N5.C20H20N6.C20H22N4O.C18H18ClN5/c1-14-4-3-5-20(15(14)2)21-11-19(25-22(23)26-21)9-7-16-6-8-17-12-24-13-18(17)10-16;1-13-4-3-5-18(14(13)2)19-9-20(26-21(22)25-19)24-10-15-6-7-16-11-23-12-17(16)8-15;1-13-6-5-7-16(14(13)2)17-10-18(25-20(21)24-17)22-11-15-12-26-9-4-3-8-19(26)23-15;1-13-5-4-6-17(14(13)2)18-12-16(23-20(21)24-18)8-7-15-9-10-22-19(11-15)25-3;1-11-4-3-5-15(12(11)2)16-8-13(23-18(20)24-16)6-7-14-9-22-17(19)10-21-14/h3-6,8,10-11,13H,7,9,12H2,1-2H3,(H2,23,25,26);3-9,11H,10,12H2,1-2H3,(H3,22,24,25,26);3-10,12H,11H2,1-2H3,(H3,21,22,24,25);4-6,9-12H,7-8H2,1-3H3,(H2,21,23,24);3-5,8-10H,6-7H2,1-2H3,(H2,20,23,24). The maximum atomic E-state index is 5.99. The Morgan fingerprint density at radius 1 is 0.354 bits per heavy atom. The van der Waals surface area contributed by atoms with Gasteiger partial charge in [-0.15, -0.1) is 0 Å². The fourth-order valence-electron chi connectivity index (χ4n) is 14.9. The molecule has 7 aromatic carbocycles. The minimum absolute atomic E-state index is 0.251. The van der Waals surface area contributed by atoms with E-state index in [2.05, 4.69) is 269 Å². The first-order valence-electron chi connectivity index (χ1n) is 42.0. The molecule has 2 aliphatic rings. The summed E-state index contributed by atoms with van der Waals surface area (Å²) in [5.41, 5.74) is 65.8. The first-order chi connectivity index (χ1) is 61.4. The van der Waals surface area contributed by atoms with E-state index >= 15 is 0 Å². The van der Waals surface area contributed by atoms with Crippen LogP contribution in [0.15, 0.2) is 229 Å². The van der Waals surface area contributed by atoms with Gasteiger partial charge in [0.2, 0.25) is 35.6 Å². The van der Waals surface area contributed by atoms with E-state index in [-0.39, 0.29) is 17.8 Å². The van der Waals surface area contributed by atoms with Gasteiger partial charge < -0.3 is 48.4 Å². The van der Waals surface area contributed by atoms with Gasteiger partial charge in [-0.05, 0) is 245 Å². The Labute approximate surface area is 745 Å². The average molecular weight is 1700 g/mol. The molecule has 25 nitrogen and oxygen atoms in total. The van der Waals surface area contributed by atoms with Crippen LogP contribution < -0.4 is 44.0 Å². The average Bonchev–Trinajstić information content (AvgIpc) is 1.73. The summed E-state index contributed by atoms with van der Waals surface area (Å²) in [6, 6.07) is 63.8. The SMILES string of the molecule is COc1cc(CCc2cc(-c3cccc(C)c3C)nc(N)n2)ccn1.Cc1cccc(-c2cc(CCc3ccc4c(c3)C=NC4)nc(N)n2)c1C.Cc1cccc(-c2cc(CCc3cnc(Cl)cn3)nc(N)n2)c1C.Cc1cccc(-c2cc(NCc3ccc4c(c3)CN=C4)nc(N)n2)c1C.Cc1cccc(-c2cc(NCc3cn4ccccc4n3)nc(N)n2)c1C. The van der Waals surface area contributed by atoms with Crippen molar-refractivity contribution < 1.29 is 4.74 Å². The molecule has 0 saturated heterocycles. The molecule has 0 bridgehead atoms. The third kappa shape index (κ3) is 23.0. The van der Waals surface area contributed by atoms with E-state index in [4.69, 9.17) is 45.0 Å². The second-order valence-electron chi connectivity index (χ2n) is 31.5. The number of nitrogen functional groups attached to an aromatic ring is 5. The number of hydrogen-bond acceptors (Lipinski definition) is 24. The molecule has 0 unspecified atom stereocenters. The van der Waals surface area contributed by atoms with Gasteiger partial charge in [-0.1, -0.05) is 139 Å². The molecule has 12 N–H and O–H groups in total. The molecule has 0 atom stereocenters. The molecule has 26 heteroatoms. The van der Waals surface area contributed by atoms with Crippen LogP contribution in [0.1, 0.15) is 123 Å². The molecule has 18 rings (SSSR count). The molecule has 0 spiro atoms. The van der Waals surface area contributed by atoms with Gasteiger partial charge in [-0.3, -0.25) is 15.0 Å². The summed E-state index contributed by atoms with van der Waals surface area (Å²) in [4.78, 5) is 69.5. The van der Waals surface area contributed by atoms with Gasteiger partial charge in [0, 0.05) is 101 Å². The lowest BCUT2D eigenvalue weighted by Gasteiger charge is -2.12. The summed E-state index contributed by atoms with van der Waals surface area (Å²) < 4.78 is 7.16. The van der Waals surface area contributed by atoms with Gasteiger partial charge in [-0.2, -0.15) is 9.97 Å². The van der Waals surface area contributed by atoms with Gasteiger partial charge in [0.05, 0.1) is 79.0 Å². The highest BCUT2D eigenvalue weighted by atomic mass is 35.5. The van der Waals surface area contributed by atoms with Crippen molar-refractivity contribution in [2.24, 2.45) is 9.98 Å². The van der Waals surface area contributed by atoms with Crippen LogP contribution in [0.2, 0.25) is 5.15 Å². The molecule has 9 aromatic heterocycles. The number of rotatable bonds is 21. The monoisotopic (exact) mass is 1700 g/mol. The maximum Gasteiger partial charge on any atom is 0.222 e. The van der Waals surface area contributed by atoms with Crippen molar-refractivity contribution in [3.8, 4) is 62.2 Å². The van der Waals surface area contributed by atoms with E-state index in [1.54, 1.807) is 25.7 Å². The van der Waals surface area contributed by atoms with E-state index in [1.165, 1.54) is 89.0 Å². The second kappa shape index (κ2) is 40.9. The fraction of sp³-hybridized carbons (Fsp3) is 0.208. The fourth-order valence-corrected chi connectivity index (χ4v) is 15.0. The maximum absolute atomic E-state index is 5.99. The number of anilines is 7. The Morgan fingerprint density at radius 2 is 0.787 bits per heavy atom. The third-order valence-corrected chi connectivity index (χ3v) is 22.9. The number of fused-ring (bicyclic) bond motifs is 3. The van der Waals surface area contributed by atoms with E-state index in [9.17, 15) is 0 Å². The highest BCUT2D eigenvalue weighted by Crippen LogP contribution is 2.33. The van der Waals surface area contributed by atoms with E-state index < -0.39 is 0 Å². The van der Waals surface area contributed by atoms with Crippen molar-refractivity contribution in [1.29, 1.82) is 0 Å². The summed E-state index contributed by atoms with van der Waals surface area (Å²) in [5, 5.41) is 7.06. The molecule has 0 radical (unpaired) electrons. The van der Waals surface area contributed by atoms with E-state index in [0.29, 0.717) is 54.7 Å². The summed E-state index contributed by atoms with van der Waals surface area (Å²) in [7, 11) is 1.62. The number of pyridine rings is 2. The van der Waals surface area contributed by atoms with Crippen LogP contribution in [-0.4, -0.2) is 93.7 Å². The van der Waals surface area contributed by atoms with Crippen LogP contribution in [-0.2, 0) is 64.7 Å². The minimum Gasteiger partial charge on any atom is -0.481 e. The van der Waals surface area contributed by atoms with Gasteiger partial charge in [-0.25, -0.2) is 54.8 Å². The highest BCUT2D eigenvalue weighted by Gasteiger charge is 2.18. The zero-order chi connectivity index (χ0) is 89.2. The van der Waals surface area contributed by atoms with Gasteiger partial charge >= 0.3 is 0 Å². The molecule has 0 saturated carbocycles. The van der Waals surface area contributed by atoms with Gasteiger partial charge in [0.25, 0.3) is 0 Å². The van der Waals surface area contributed by atoms with Crippen LogP contribution in [0.5, 0.6) is 5.88 Å². The molecule has 16 aromatic rings. The van der Waals surface area contributed by atoms with Crippen molar-refractivity contribution in [1.82, 2.24) is 74.2 Å². The third-order valence-electron chi connectivity index (χ3n) is 22.7. The summed E-state index contributed by atoms with van der Waals surface area (Å²) in [6.07, 6.45) is 17.6. The smallest absolute Gasteiger partial charge is 0.222 e.